The molecule has 0 radical (unpaired) electrons. The Morgan fingerprint density at radius 3 is 2.88 bits per heavy atom. The van der Waals surface area contributed by atoms with Gasteiger partial charge in [0.1, 0.15) is 0 Å². The van der Waals surface area contributed by atoms with Crippen LogP contribution in [0.3, 0.4) is 0 Å². The predicted octanol–water partition coefficient (Wildman–Crippen LogP) is 4.52. The fourth-order valence-corrected chi connectivity index (χ4v) is 3.50. The van der Waals surface area contributed by atoms with Crippen molar-refractivity contribution in [3.8, 4) is 11.3 Å². The molecule has 0 saturated carbocycles. The summed E-state index contributed by atoms with van der Waals surface area (Å²) in [5, 5.41) is 8.55. The van der Waals surface area contributed by atoms with Gasteiger partial charge in [-0.1, -0.05) is 41.0 Å². The molecule has 6 nitrogen and oxygen atoms in total. The maximum atomic E-state index is 12.9. The molecule has 1 aliphatic heterocycles. The van der Waals surface area contributed by atoms with Crippen molar-refractivity contribution in [2.45, 2.75) is 32.2 Å². The van der Waals surface area contributed by atoms with Gasteiger partial charge in [0.2, 0.25) is 0 Å². The van der Waals surface area contributed by atoms with E-state index in [0.29, 0.717) is 22.9 Å². The van der Waals surface area contributed by atoms with Crippen molar-refractivity contribution in [1.82, 2.24) is 15.2 Å². The summed E-state index contributed by atoms with van der Waals surface area (Å²) in [4.78, 5) is 14.7. The zero-order valence-electron chi connectivity index (χ0n) is 14.3. The molecule has 0 N–H and O–H groups in total. The Morgan fingerprint density at radius 2 is 2.12 bits per heavy atom. The Balaban J connectivity index is 1.58. The monoisotopic (exact) mass is 371 g/mol. The van der Waals surface area contributed by atoms with Crippen molar-refractivity contribution in [2.24, 2.45) is 0 Å². The van der Waals surface area contributed by atoms with Crippen molar-refractivity contribution < 1.29 is 13.8 Å². The first-order valence-corrected chi connectivity index (χ1v) is 9.03. The Bertz CT molecular complexity index is 934. The van der Waals surface area contributed by atoms with E-state index in [1.807, 2.05) is 31.2 Å². The van der Waals surface area contributed by atoms with Crippen LogP contribution in [0.2, 0.25) is 5.02 Å². The summed E-state index contributed by atoms with van der Waals surface area (Å²) in [5.74, 6) is 1.02. The molecule has 2 aromatic heterocycles. The van der Waals surface area contributed by atoms with E-state index >= 15 is 0 Å². The van der Waals surface area contributed by atoms with Gasteiger partial charge in [0, 0.05) is 24.2 Å². The Morgan fingerprint density at radius 1 is 1.27 bits per heavy atom. The summed E-state index contributed by atoms with van der Waals surface area (Å²) in [5.41, 5.74) is 1.87. The lowest BCUT2D eigenvalue weighted by molar-refractivity contribution is 0.0704. The summed E-state index contributed by atoms with van der Waals surface area (Å²) in [7, 11) is 0. The van der Waals surface area contributed by atoms with E-state index in [-0.39, 0.29) is 17.6 Å². The first kappa shape index (κ1) is 16.8. The molecule has 3 aromatic rings. The van der Waals surface area contributed by atoms with Crippen LogP contribution in [0.5, 0.6) is 0 Å². The average Bonchev–Trinajstić information content (AvgIpc) is 3.40. The molecule has 1 atom stereocenters. The highest BCUT2D eigenvalue weighted by atomic mass is 35.5. The zero-order chi connectivity index (χ0) is 18.1. The highest BCUT2D eigenvalue weighted by Gasteiger charge is 2.34. The van der Waals surface area contributed by atoms with E-state index < -0.39 is 0 Å². The van der Waals surface area contributed by atoms with Gasteiger partial charge >= 0.3 is 0 Å². The largest absolute Gasteiger partial charge is 0.359 e. The molecule has 134 valence electrons. The van der Waals surface area contributed by atoms with E-state index in [9.17, 15) is 4.79 Å². The van der Waals surface area contributed by atoms with E-state index in [4.69, 9.17) is 20.6 Å². The lowest BCUT2D eigenvalue weighted by Gasteiger charge is -2.21. The third kappa shape index (κ3) is 3.01. The number of carbonyl (C=O) groups is 1. The van der Waals surface area contributed by atoms with Gasteiger partial charge in [-0.15, -0.1) is 0 Å². The normalized spacial score (nSPS) is 17.0. The van der Waals surface area contributed by atoms with Gasteiger partial charge in [0.15, 0.2) is 17.2 Å². The molecule has 0 bridgehead atoms. The van der Waals surface area contributed by atoms with Crippen LogP contribution in [0.1, 0.15) is 47.7 Å². The first-order valence-electron chi connectivity index (χ1n) is 8.65. The molecule has 1 saturated heterocycles. The second kappa shape index (κ2) is 6.96. The molecule has 0 spiro atoms. The zero-order valence-corrected chi connectivity index (χ0v) is 15.1. The summed E-state index contributed by atoms with van der Waals surface area (Å²) in [6, 6.07) is 10.7. The minimum absolute atomic E-state index is 0.115. The van der Waals surface area contributed by atoms with Gasteiger partial charge in [-0.05, 0) is 31.4 Å². The Kier molecular flexibility index (Phi) is 4.51. The summed E-state index contributed by atoms with van der Waals surface area (Å²) in [6.45, 7) is 2.67. The number of benzene rings is 1. The maximum Gasteiger partial charge on any atom is 0.276 e. The van der Waals surface area contributed by atoms with Crippen molar-refractivity contribution in [1.29, 1.82) is 0 Å². The van der Waals surface area contributed by atoms with Crippen LogP contribution in [0.15, 0.2) is 45.4 Å². The quantitative estimate of drug-likeness (QED) is 0.674. The lowest BCUT2D eigenvalue weighted by atomic mass is 10.1. The van der Waals surface area contributed by atoms with E-state index in [1.54, 1.807) is 17.0 Å². The highest BCUT2D eigenvalue weighted by Crippen LogP contribution is 2.34. The number of nitrogens with zero attached hydrogens (tertiary/aromatic N) is 3. The second-order valence-corrected chi connectivity index (χ2v) is 6.69. The molecular weight excluding hydrogens is 354 g/mol. The van der Waals surface area contributed by atoms with Gasteiger partial charge < -0.3 is 13.9 Å². The standard InChI is InChI=1S/C19H18ClN3O3/c1-2-12-10-18(26-21-12)16-8-5-9-23(16)19(24)15-11-17(25-22-15)13-6-3-4-7-14(13)20/h3-4,6-7,10-11,16H,2,5,8-9H2,1H3/t16-/m1/s1. The summed E-state index contributed by atoms with van der Waals surface area (Å²) >= 11 is 6.19. The fourth-order valence-electron chi connectivity index (χ4n) is 3.27. The fraction of sp³-hybridized carbons (Fsp3) is 0.316. The van der Waals surface area contributed by atoms with Crippen LogP contribution in [0.25, 0.3) is 11.3 Å². The van der Waals surface area contributed by atoms with Crippen molar-refractivity contribution in [3.05, 3.63) is 58.6 Å². The van der Waals surface area contributed by atoms with E-state index in [2.05, 4.69) is 10.3 Å². The number of rotatable bonds is 4. The summed E-state index contributed by atoms with van der Waals surface area (Å²) < 4.78 is 10.8. The van der Waals surface area contributed by atoms with Crippen molar-refractivity contribution in [3.63, 3.8) is 0 Å². The molecule has 3 heterocycles. The molecule has 7 heteroatoms. The van der Waals surface area contributed by atoms with Crippen LogP contribution >= 0.6 is 11.6 Å². The van der Waals surface area contributed by atoms with Gasteiger partial charge in [0.25, 0.3) is 5.91 Å². The molecule has 0 unspecified atom stereocenters. The van der Waals surface area contributed by atoms with Crippen LogP contribution in [-0.2, 0) is 6.42 Å². The summed E-state index contributed by atoms with van der Waals surface area (Å²) in [6.07, 6.45) is 2.56. The number of hydrogen-bond donors (Lipinski definition) is 0. The van der Waals surface area contributed by atoms with Gasteiger partial charge in [-0.2, -0.15) is 0 Å². The average molecular weight is 372 g/mol. The third-order valence-corrected chi connectivity index (χ3v) is 4.98. The van der Waals surface area contributed by atoms with Gasteiger partial charge in [0.05, 0.1) is 16.8 Å². The van der Waals surface area contributed by atoms with Crippen molar-refractivity contribution in [2.75, 3.05) is 6.54 Å². The first-order chi connectivity index (χ1) is 12.7. The second-order valence-electron chi connectivity index (χ2n) is 6.29. The smallest absolute Gasteiger partial charge is 0.276 e. The Labute approximate surface area is 155 Å². The number of aromatic nitrogens is 2. The molecular formula is C19H18ClN3O3. The third-order valence-electron chi connectivity index (χ3n) is 4.65. The van der Waals surface area contributed by atoms with Gasteiger partial charge in [-0.25, -0.2) is 0 Å². The molecule has 1 aliphatic rings. The van der Waals surface area contributed by atoms with Crippen LogP contribution in [-0.4, -0.2) is 27.7 Å². The molecule has 1 fully saturated rings. The number of hydrogen-bond acceptors (Lipinski definition) is 5. The number of aryl methyl sites for hydroxylation is 1. The lowest BCUT2D eigenvalue weighted by Crippen LogP contribution is -2.30. The number of likely N-dealkylation sites (tertiary alicyclic amines) is 1. The predicted molar refractivity (Wildman–Crippen MR) is 95.8 cm³/mol. The Hall–Kier alpha value is -2.60. The molecule has 1 amide bonds. The minimum atomic E-state index is -0.177. The molecule has 26 heavy (non-hydrogen) atoms. The van der Waals surface area contributed by atoms with Crippen molar-refractivity contribution >= 4 is 17.5 Å². The van der Waals surface area contributed by atoms with E-state index in [0.717, 1.165) is 30.7 Å². The topological polar surface area (TPSA) is 72.4 Å². The van der Waals surface area contributed by atoms with Gasteiger partial charge in [-0.3, -0.25) is 4.79 Å². The van der Waals surface area contributed by atoms with E-state index in [1.165, 1.54) is 0 Å². The highest BCUT2D eigenvalue weighted by molar-refractivity contribution is 6.33. The van der Waals surface area contributed by atoms with Crippen LogP contribution in [0.4, 0.5) is 0 Å². The molecule has 4 rings (SSSR count). The number of halogens is 1. The molecule has 1 aromatic carbocycles. The number of carbonyl (C=O) groups excluding carboxylic acids is 1. The van der Waals surface area contributed by atoms with Crippen LogP contribution < -0.4 is 0 Å². The molecule has 0 aliphatic carbocycles. The maximum absolute atomic E-state index is 12.9. The SMILES string of the molecule is CCc1cc([C@H]2CCCN2C(=O)c2cc(-c3ccccc3Cl)on2)on1. The van der Waals surface area contributed by atoms with Crippen LogP contribution in [0, 0.1) is 0 Å². The minimum Gasteiger partial charge on any atom is -0.359 e. The number of amides is 1.